The summed E-state index contributed by atoms with van der Waals surface area (Å²) in [5, 5.41) is 14.6. The van der Waals surface area contributed by atoms with Crippen LogP contribution < -0.4 is 5.32 Å². The predicted octanol–water partition coefficient (Wildman–Crippen LogP) is 3.06. The summed E-state index contributed by atoms with van der Waals surface area (Å²) >= 11 is 1.86. The van der Waals surface area contributed by atoms with Crippen LogP contribution in [-0.2, 0) is 12.8 Å². The molecule has 0 aliphatic heterocycles. The molecule has 0 saturated heterocycles. The second kappa shape index (κ2) is 5.06. The van der Waals surface area contributed by atoms with Gasteiger partial charge in [-0.3, -0.25) is 0 Å². The molecule has 0 unspecified atom stereocenters. The van der Waals surface area contributed by atoms with Crippen LogP contribution >= 0.6 is 11.3 Å². The molecule has 4 aliphatic rings. The van der Waals surface area contributed by atoms with E-state index in [1.54, 1.807) is 0 Å². The fourth-order valence-electron chi connectivity index (χ4n) is 5.52. The summed E-state index contributed by atoms with van der Waals surface area (Å²) < 4.78 is 0. The van der Waals surface area contributed by atoms with E-state index in [1.165, 1.54) is 55.0 Å². The Labute approximate surface area is 125 Å². The Morgan fingerprint density at radius 1 is 1.05 bits per heavy atom. The molecule has 0 spiro atoms. The van der Waals surface area contributed by atoms with Gasteiger partial charge in [0.1, 0.15) is 10.0 Å². The lowest BCUT2D eigenvalue weighted by atomic mass is 9.49. The minimum atomic E-state index is 0.606. The van der Waals surface area contributed by atoms with Crippen molar-refractivity contribution in [2.75, 3.05) is 13.6 Å². The van der Waals surface area contributed by atoms with Gasteiger partial charge in [-0.15, -0.1) is 21.5 Å². The van der Waals surface area contributed by atoms with Crippen molar-refractivity contribution >= 4 is 11.3 Å². The summed E-state index contributed by atoms with van der Waals surface area (Å²) in [6.45, 7) is 1.01. The van der Waals surface area contributed by atoms with Gasteiger partial charge in [0.15, 0.2) is 0 Å². The van der Waals surface area contributed by atoms with Crippen LogP contribution in [0.1, 0.15) is 48.5 Å². The molecule has 4 fully saturated rings. The third-order valence-electron chi connectivity index (χ3n) is 5.79. The van der Waals surface area contributed by atoms with Crippen molar-refractivity contribution in [3.63, 3.8) is 0 Å². The Hall–Kier alpha value is -0.480. The number of nitrogens with one attached hydrogen (secondary N) is 1. The Balaban J connectivity index is 1.47. The molecule has 4 aliphatic carbocycles. The second-order valence-electron chi connectivity index (χ2n) is 7.54. The lowest BCUT2D eigenvalue weighted by Crippen LogP contribution is -2.47. The SMILES string of the molecule is CNCCc1nnc(CC23CC4CC(CC(C4)C2)C3)s1. The van der Waals surface area contributed by atoms with Gasteiger partial charge in [-0.1, -0.05) is 0 Å². The Kier molecular flexibility index (Phi) is 3.34. The first-order chi connectivity index (χ1) is 9.75. The predicted molar refractivity (Wildman–Crippen MR) is 81.8 cm³/mol. The highest BCUT2D eigenvalue weighted by molar-refractivity contribution is 7.11. The zero-order valence-electron chi connectivity index (χ0n) is 12.4. The van der Waals surface area contributed by atoms with E-state index >= 15 is 0 Å². The molecule has 0 atom stereocenters. The van der Waals surface area contributed by atoms with Crippen LogP contribution in [0.15, 0.2) is 0 Å². The van der Waals surface area contributed by atoms with Gasteiger partial charge in [-0.05, 0) is 68.7 Å². The number of hydrogen-bond donors (Lipinski definition) is 1. The zero-order valence-corrected chi connectivity index (χ0v) is 13.2. The average molecular weight is 291 g/mol. The minimum absolute atomic E-state index is 0.606. The molecule has 0 radical (unpaired) electrons. The summed E-state index contributed by atoms with van der Waals surface area (Å²) in [6, 6.07) is 0. The van der Waals surface area contributed by atoms with Gasteiger partial charge < -0.3 is 5.32 Å². The highest BCUT2D eigenvalue weighted by atomic mass is 32.1. The molecule has 20 heavy (non-hydrogen) atoms. The molecule has 1 aromatic rings. The molecular formula is C16H25N3S. The first-order valence-electron chi connectivity index (χ1n) is 8.20. The maximum Gasteiger partial charge on any atom is 0.118 e. The van der Waals surface area contributed by atoms with Gasteiger partial charge in [0.25, 0.3) is 0 Å². The van der Waals surface area contributed by atoms with Gasteiger partial charge in [-0.2, -0.15) is 0 Å². The van der Waals surface area contributed by atoms with Crippen molar-refractivity contribution in [3.05, 3.63) is 10.0 Å². The van der Waals surface area contributed by atoms with Crippen LogP contribution in [0.25, 0.3) is 0 Å². The molecule has 4 heteroatoms. The molecule has 0 aromatic carbocycles. The molecule has 5 rings (SSSR count). The number of likely N-dealkylation sites (N-methyl/N-ethyl adjacent to an activating group) is 1. The smallest absolute Gasteiger partial charge is 0.118 e. The normalized spacial score (nSPS) is 38.5. The summed E-state index contributed by atoms with van der Waals surface area (Å²) in [6.07, 6.45) is 11.3. The van der Waals surface area contributed by atoms with Crippen molar-refractivity contribution in [2.45, 2.75) is 51.4 Å². The molecule has 1 heterocycles. The van der Waals surface area contributed by atoms with Crippen LogP contribution in [0.5, 0.6) is 0 Å². The van der Waals surface area contributed by atoms with Crippen molar-refractivity contribution in [1.82, 2.24) is 15.5 Å². The van der Waals surface area contributed by atoms with Gasteiger partial charge in [0.2, 0.25) is 0 Å². The fourth-order valence-corrected chi connectivity index (χ4v) is 6.54. The maximum atomic E-state index is 4.49. The average Bonchev–Trinajstić information content (AvgIpc) is 2.81. The number of nitrogens with zero attached hydrogens (tertiary/aromatic N) is 2. The van der Waals surface area contributed by atoms with Crippen LogP contribution in [0, 0.1) is 23.2 Å². The van der Waals surface area contributed by atoms with E-state index in [0.717, 1.165) is 30.7 Å². The lowest BCUT2D eigenvalue weighted by Gasteiger charge is -2.56. The van der Waals surface area contributed by atoms with Gasteiger partial charge in [0, 0.05) is 19.4 Å². The van der Waals surface area contributed by atoms with Crippen molar-refractivity contribution in [1.29, 1.82) is 0 Å². The molecule has 4 saturated carbocycles. The van der Waals surface area contributed by atoms with E-state index in [4.69, 9.17) is 0 Å². The monoisotopic (exact) mass is 291 g/mol. The highest BCUT2D eigenvalue weighted by Crippen LogP contribution is 2.61. The summed E-state index contributed by atoms with van der Waals surface area (Å²) in [4.78, 5) is 0. The topological polar surface area (TPSA) is 37.8 Å². The standard InChI is InChI=1S/C16H25N3S/c1-17-3-2-14-18-19-15(20-14)10-16-7-11-4-12(8-16)6-13(5-11)9-16/h11-13,17H,2-10H2,1H3. The first kappa shape index (κ1) is 13.2. The van der Waals surface area contributed by atoms with Crippen LogP contribution in [-0.4, -0.2) is 23.8 Å². The van der Waals surface area contributed by atoms with Crippen LogP contribution in [0.4, 0.5) is 0 Å². The quantitative estimate of drug-likeness (QED) is 0.906. The van der Waals surface area contributed by atoms with E-state index in [0.29, 0.717) is 5.41 Å². The highest BCUT2D eigenvalue weighted by Gasteiger charge is 2.50. The molecule has 1 aromatic heterocycles. The number of hydrogen-bond acceptors (Lipinski definition) is 4. The van der Waals surface area contributed by atoms with E-state index in [9.17, 15) is 0 Å². The lowest BCUT2D eigenvalue weighted by molar-refractivity contribution is -0.0522. The van der Waals surface area contributed by atoms with Crippen molar-refractivity contribution in [2.24, 2.45) is 23.2 Å². The van der Waals surface area contributed by atoms with E-state index < -0.39 is 0 Å². The van der Waals surface area contributed by atoms with E-state index in [2.05, 4.69) is 15.5 Å². The maximum absolute atomic E-state index is 4.49. The molecule has 3 nitrogen and oxygen atoms in total. The Bertz CT molecular complexity index is 447. The minimum Gasteiger partial charge on any atom is -0.319 e. The van der Waals surface area contributed by atoms with E-state index in [1.807, 2.05) is 18.4 Å². The van der Waals surface area contributed by atoms with Crippen molar-refractivity contribution < 1.29 is 0 Å². The molecular weight excluding hydrogens is 266 g/mol. The largest absolute Gasteiger partial charge is 0.319 e. The van der Waals surface area contributed by atoms with Gasteiger partial charge >= 0.3 is 0 Å². The van der Waals surface area contributed by atoms with Gasteiger partial charge in [-0.25, -0.2) is 0 Å². The molecule has 4 bridgehead atoms. The van der Waals surface area contributed by atoms with Gasteiger partial charge in [0.05, 0.1) is 0 Å². The summed E-state index contributed by atoms with van der Waals surface area (Å²) in [7, 11) is 2.00. The second-order valence-corrected chi connectivity index (χ2v) is 8.68. The molecule has 1 N–H and O–H groups in total. The van der Waals surface area contributed by atoms with Crippen LogP contribution in [0.2, 0.25) is 0 Å². The fraction of sp³-hybridized carbons (Fsp3) is 0.875. The third kappa shape index (κ3) is 2.41. The third-order valence-corrected chi connectivity index (χ3v) is 6.77. The Morgan fingerprint density at radius 3 is 2.25 bits per heavy atom. The summed E-state index contributed by atoms with van der Waals surface area (Å²) in [5.41, 5.74) is 0.606. The zero-order chi connectivity index (χ0) is 13.6. The number of rotatable bonds is 5. The molecule has 110 valence electrons. The van der Waals surface area contributed by atoms with E-state index in [-0.39, 0.29) is 0 Å². The number of aromatic nitrogens is 2. The van der Waals surface area contributed by atoms with Crippen molar-refractivity contribution in [3.8, 4) is 0 Å². The van der Waals surface area contributed by atoms with Crippen LogP contribution in [0.3, 0.4) is 0 Å². The molecule has 0 amide bonds. The summed E-state index contributed by atoms with van der Waals surface area (Å²) in [5.74, 6) is 3.12. The Morgan fingerprint density at radius 2 is 1.65 bits per heavy atom. The first-order valence-corrected chi connectivity index (χ1v) is 9.02.